The summed E-state index contributed by atoms with van der Waals surface area (Å²) in [5.41, 5.74) is 4.79. The number of hydrogen-bond acceptors (Lipinski definition) is 5. The third-order valence-corrected chi connectivity index (χ3v) is 7.27. The van der Waals surface area contributed by atoms with E-state index in [1.807, 2.05) is 19.2 Å². The molecule has 3 aromatic rings. The lowest BCUT2D eigenvalue weighted by molar-refractivity contribution is -0.127. The number of carbonyl (C=O) groups excluding carboxylic acids is 1. The minimum absolute atomic E-state index is 0.0270. The quantitative estimate of drug-likeness (QED) is 0.551. The molecule has 33 heavy (non-hydrogen) atoms. The van der Waals surface area contributed by atoms with Crippen molar-refractivity contribution in [2.45, 2.75) is 64.0 Å². The van der Waals surface area contributed by atoms with E-state index in [4.69, 9.17) is 9.47 Å². The third-order valence-electron chi connectivity index (χ3n) is 7.27. The molecule has 2 aliphatic rings. The lowest BCUT2D eigenvalue weighted by atomic mass is 9.84. The van der Waals surface area contributed by atoms with Gasteiger partial charge in [0.05, 0.1) is 19.8 Å². The Balaban J connectivity index is 1.50. The first-order valence-corrected chi connectivity index (χ1v) is 12.2. The monoisotopic (exact) mass is 447 g/mol. The van der Waals surface area contributed by atoms with Gasteiger partial charge in [-0.1, -0.05) is 6.42 Å². The van der Waals surface area contributed by atoms with E-state index >= 15 is 0 Å². The molecule has 0 amide bonds. The van der Waals surface area contributed by atoms with Gasteiger partial charge in [-0.25, -0.2) is 4.98 Å². The second-order valence-corrected chi connectivity index (χ2v) is 9.12. The Bertz CT molecular complexity index is 1140. The number of aryl methyl sites for hydroxylation is 1. The fourth-order valence-electron chi connectivity index (χ4n) is 5.68. The Labute approximate surface area is 195 Å². The first-order valence-electron chi connectivity index (χ1n) is 12.2. The van der Waals surface area contributed by atoms with E-state index in [1.165, 1.54) is 22.1 Å². The van der Waals surface area contributed by atoms with Crippen LogP contribution in [0.1, 0.15) is 61.8 Å². The molecule has 174 valence electrons. The minimum atomic E-state index is 0.0270. The number of ether oxygens (including phenoxy) is 2. The van der Waals surface area contributed by atoms with E-state index in [0.29, 0.717) is 18.8 Å². The smallest absolute Gasteiger partial charge is 0.161 e. The standard InChI is InChI=1S/C27H33N3O3/c1-3-33-26-16-21-18(15-25(26)32-2)12-14-30(23-8-4-5-9-24(23)31)22(21)11-10-19-17-29-27-20(19)7-6-13-28-27/h6-7,13,15-17,22-23H,3-5,8-12,14H2,1-2H3,(H,28,29)/t22-,23?/m1/s1. The van der Waals surface area contributed by atoms with Crippen molar-refractivity contribution in [3.8, 4) is 11.5 Å². The Morgan fingerprint density at radius 2 is 2.12 bits per heavy atom. The summed E-state index contributed by atoms with van der Waals surface area (Å²) >= 11 is 0. The van der Waals surface area contributed by atoms with Crippen LogP contribution in [0, 0.1) is 0 Å². The normalized spacial score (nSPS) is 21.2. The van der Waals surface area contributed by atoms with E-state index in [9.17, 15) is 4.79 Å². The van der Waals surface area contributed by atoms with Crippen molar-refractivity contribution in [3.05, 3.63) is 53.3 Å². The number of pyridine rings is 1. The van der Waals surface area contributed by atoms with Crippen LogP contribution in [0.4, 0.5) is 0 Å². The summed E-state index contributed by atoms with van der Waals surface area (Å²) in [6, 6.07) is 8.63. The molecule has 2 atom stereocenters. The topological polar surface area (TPSA) is 67.5 Å². The van der Waals surface area contributed by atoms with Gasteiger partial charge < -0.3 is 14.5 Å². The number of rotatable bonds is 7. The fourth-order valence-corrected chi connectivity index (χ4v) is 5.68. The highest BCUT2D eigenvalue weighted by molar-refractivity contribution is 5.84. The number of H-pyrrole nitrogens is 1. The van der Waals surface area contributed by atoms with Crippen LogP contribution in [0.3, 0.4) is 0 Å². The SMILES string of the molecule is CCOc1cc2c(cc1OC)CCN(C1CCCCC1=O)[C@@H]2CCc1c[nH]c2ncccc12. The largest absolute Gasteiger partial charge is 0.493 e. The summed E-state index contributed by atoms with van der Waals surface area (Å²) in [5.74, 6) is 1.99. The Morgan fingerprint density at radius 3 is 2.94 bits per heavy atom. The number of fused-ring (bicyclic) bond motifs is 2. The van der Waals surface area contributed by atoms with Gasteiger partial charge >= 0.3 is 0 Å². The Kier molecular flexibility index (Phi) is 6.36. The maximum Gasteiger partial charge on any atom is 0.161 e. The number of aromatic amines is 1. The molecule has 0 spiro atoms. The van der Waals surface area contributed by atoms with Gasteiger partial charge in [-0.05, 0) is 80.0 Å². The van der Waals surface area contributed by atoms with Crippen LogP contribution < -0.4 is 9.47 Å². The number of benzene rings is 1. The molecular formula is C27H33N3O3. The van der Waals surface area contributed by atoms with E-state index < -0.39 is 0 Å². The Hall–Kier alpha value is -2.86. The van der Waals surface area contributed by atoms with Gasteiger partial charge in [0.15, 0.2) is 11.5 Å². The van der Waals surface area contributed by atoms with Crippen molar-refractivity contribution < 1.29 is 14.3 Å². The summed E-state index contributed by atoms with van der Waals surface area (Å²) in [5, 5.41) is 1.18. The highest BCUT2D eigenvalue weighted by Crippen LogP contribution is 2.42. The van der Waals surface area contributed by atoms with Crippen LogP contribution in [0.5, 0.6) is 11.5 Å². The highest BCUT2D eigenvalue weighted by Gasteiger charge is 2.37. The van der Waals surface area contributed by atoms with Gasteiger partial charge in [0.25, 0.3) is 0 Å². The van der Waals surface area contributed by atoms with E-state index in [2.05, 4.69) is 39.3 Å². The van der Waals surface area contributed by atoms with Crippen LogP contribution >= 0.6 is 0 Å². The molecule has 0 radical (unpaired) electrons. The van der Waals surface area contributed by atoms with Crippen LogP contribution in [-0.4, -0.2) is 47.0 Å². The number of nitrogens with zero attached hydrogens (tertiary/aromatic N) is 2. The zero-order chi connectivity index (χ0) is 22.8. The van der Waals surface area contributed by atoms with Crippen molar-refractivity contribution in [2.24, 2.45) is 0 Å². The summed E-state index contributed by atoms with van der Waals surface area (Å²) in [4.78, 5) is 23.2. The molecule has 1 fully saturated rings. The van der Waals surface area contributed by atoms with Crippen LogP contribution in [0.2, 0.25) is 0 Å². The summed E-state index contributed by atoms with van der Waals surface area (Å²) in [7, 11) is 1.70. The maximum absolute atomic E-state index is 12.9. The lowest BCUT2D eigenvalue weighted by Crippen LogP contribution is -2.48. The molecule has 1 N–H and O–H groups in total. The molecule has 1 unspecified atom stereocenters. The predicted molar refractivity (Wildman–Crippen MR) is 129 cm³/mol. The zero-order valence-corrected chi connectivity index (χ0v) is 19.6. The van der Waals surface area contributed by atoms with Crippen LogP contribution in [-0.2, 0) is 17.6 Å². The first kappa shape index (κ1) is 22.0. The van der Waals surface area contributed by atoms with Crippen molar-refractivity contribution in [2.75, 3.05) is 20.3 Å². The second kappa shape index (κ2) is 9.56. The summed E-state index contributed by atoms with van der Waals surface area (Å²) in [6.07, 6.45) is 10.5. The third kappa shape index (κ3) is 4.24. The van der Waals surface area contributed by atoms with Crippen LogP contribution in [0.25, 0.3) is 11.0 Å². The molecule has 1 aromatic carbocycles. The molecule has 5 rings (SSSR count). The molecular weight excluding hydrogens is 414 g/mol. The number of hydrogen-bond donors (Lipinski definition) is 1. The summed E-state index contributed by atoms with van der Waals surface area (Å²) < 4.78 is 11.6. The minimum Gasteiger partial charge on any atom is -0.493 e. The average Bonchev–Trinajstić information content (AvgIpc) is 3.26. The molecule has 2 aromatic heterocycles. The van der Waals surface area contributed by atoms with E-state index in [1.54, 1.807) is 7.11 Å². The zero-order valence-electron chi connectivity index (χ0n) is 19.6. The molecule has 6 heteroatoms. The van der Waals surface area contributed by atoms with Crippen molar-refractivity contribution >= 4 is 16.8 Å². The fraction of sp³-hybridized carbons (Fsp3) is 0.481. The molecule has 6 nitrogen and oxygen atoms in total. The van der Waals surface area contributed by atoms with Crippen molar-refractivity contribution in [1.82, 2.24) is 14.9 Å². The number of nitrogens with one attached hydrogen (secondary N) is 1. The van der Waals surface area contributed by atoms with Gasteiger partial charge in [0.1, 0.15) is 11.4 Å². The number of methoxy groups -OCH3 is 1. The second-order valence-electron chi connectivity index (χ2n) is 9.12. The molecule has 0 saturated heterocycles. The molecule has 0 bridgehead atoms. The van der Waals surface area contributed by atoms with Crippen LogP contribution in [0.15, 0.2) is 36.7 Å². The average molecular weight is 448 g/mol. The number of ketones is 1. The molecule has 1 saturated carbocycles. The number of aromatic nitrogens is 2. The number of Topliss-reactive ketones (excluding diaryl/α,β-unsaturated/α-hetero) is 1. The molecule has 3 heterocycles. The Morgan fingerprint density at radius 1 is 1.21 bits per heavy atom. The highest BCUT2D eigenvalue weighted by atomic mass is 16.5. The summed E-state index contributed by atoms with van der Waals surface area (Å²) in [6.45, 7) is 3.49. The van der Waals surface area contributed by atoms with Gasteiger partial charge in [-0.15, -0.1) is 0 Å². The number of carbonyl (C=O) groups is 1. The molecule has 1 aliphatic heterocycles. The van der Waals surface area contributed by atoms with Crippen molar-refractivity contribution in [3.63, 3.8) is 0 Å². The maximum atomic E-state index is 12.9. The van der Waals surface area contributed by atoms with E-state index in [-0.39, 0.29) is 12.1 Å². The van der Waals surface area contributed by atoms with Crippen molar-refractivity contribution in [1.29, 1.82) is 0 Å². The van der Waals surface area contributed by atoms with Gasteiger partial charge in [0, 0.05) is 36.8 Å². The van der Waals surface area contributed by atoms with Gasteiger partial charge in [-0.3, -0.25) is 9.69 Å². The van der Waals surface area contributed by atoms with Gasteiger partial charge in [0.2, 0.25) is 0 Å². The lowest BCUT2D eigenvalue weighted by Gasteiger charge is -2.43. The molecule has 1 aliphatic carbocycles. The van der Waals surface area contributed by atoms with E-state index in [0.717, 1.165) is 62.2 Å². The predicted octanol–water partition coefficient (Wildman–Crippen LogP) is 5.01. The van der Waals surface area contributed by atoms with Gasteiger partial charge in [-0.2, -0.15) is 0 Å². The first-order chi connectivity index (χ1) is 16.2.